The van der Waals surface area contributed by atoms with Crippen LogP contribution < -0.4 is 0 Å². The summed E-state index contributed by atoms with van der Waals surface area (Å²) in [6, 6.07) is 1.68. The monoisotopic (exact) mass is 411 g/mol. The van der Waals surface area contributed by atoms with Crippen molar-refractivity contribution in [3.63, 3.8) is 0 Å². The van der Waals surface area contributed by atoms with Crippen molar-refractivity contribution in [3.8, 4) is 0 Å². The van der Waals surface area contributed by atoms with Crippen molar-refractivity contribution in [2.75, 3.05) is 17.3 Å². The van der Waals surface area contributed by atoms with E-state index < -0.39 is 9.84 Å². The fourth-order valence-corrected chi connectivity index (χ4v) is 5.81. The van der Waals surface area contributed by atoms with E-state index in [1.807, 2.05) is 33.8 Å². The highest BCUT2D eigenvalue weighted by Crippen LogP contribution is 2.24. The topological polar surface area (TPSA) is 97.5 Å². The van der Waals surface area contributed by atoms with Crippen LogP contribution in [0.5, 0.6) is 0 Å². The maximum absolute atomic E-state index is 12.9. The average Bonchev–Trinajstić information content (AvgIpc) is 3.16. The number of hydrogen-bond acceptors (Lipinski definition) is 7. The van der Waals surface area contributed by atoms with Crippen molar-refractivity contribution in [3.05, 3.63) is 17.5 Å². The van der Waals surface area contributed by atoms with Gasteiger partial charge < -0.3 is 4.90 Å². The maximum atomic E-state index is 12.9. The smallest absolute Gasteiger partial charge is 0.253 e. The second-order valence-electron chi connectivity index (χ2n) is 7.05. The largest absolute Gasteiger partial charge is 0.335 e. The number of carbonyl (C=O) groups excluding carboxylic acids is 1. The van der Waals surface area contributed by atoms with E-state index in [0.29, 0.717) is 17.4 Å². The summed E-state index contributed by atoms with van der Waals surface area (Å²) in [5.41, 5.74) is 1.80. The number of carbonyl (C=O) groups is 1. The number of thioether (sulfide) groups is 1. The molecule has 0 aromatic carbocycles. The minimum Gasteiger partial charge on any atom is -0.335 e. The van der Waals surface area contributed by atoms with Crippen molar-refractivity contribution in [1.82, 2.24) is 24.5 Å². The molecule has 2 unspecified atom stereocenters. The maximum Gasteiger partial charge on any atom is 0.253 e. The average molecular weight is 412 g/mol. The predicted molar refractivity (Wildman–Crippen MR) is 105 cm³/mol. The van der Waals surface area contributed by atoms with Crippen LogP contribution in [0.3, 0.4) is 0 Å². The van der Waals surface area contributed by atoms with Gasteiger partial charge in [-0.2, -0.15) is 4.98 Å². The van der Waals surface area contributed by atoms with E-state index >= 15 is 0 Å². The van der Waals surface area contributed by atoms with E-state index in [2.05, 4.69) is 15.1 Å². The second-order valence-corrected chi connectivity index (χ2v) is 10.2. The molecule has 8 nitrogen and oxygen atoms in total. The van der Waals surface area contributed by atoms with Crippen LogP contribution in [0, 0.1) is 13.8 Å². The Morgan fingerprint density at radius 3 is 2.78 bits per heavy atom. The van der Waals surface area contributed by atoms with E-state index in [1.54, 1.807) is 9.42 Å². The molecule has 1 saturated heterocycles. The van der Waals surface area contributed by atoms with Crippen LogP contribution in [0.1, 0.15) is 38.1 Å². The summed E-state index contributed by atoms with van der Waals surface area (Å²) in [7, 11) is -3.05. The lowest BCUT2D eigenvalue weighted by atomic mass is 10.1. The van der Waals surface area contributed by atoms with Crippen molar-refractivity contribution < 1.29 is 13.2 Å². The quantitative estimate of drug-likeness (QED) is 0.667. The number of sulfone groups is 1. The molecule has 3 heterocycles. The molecule has 1 fully saturated rings. The highest BCUT2D eigenvalue weighted by Gasteiger charge is 2.36. The van der Waals surface area contributed by atoms with Gasteiger partial charge in [-0.25, -0.2) is 17.9 Å². The first kappa shape index (κ1) is 20.1. The van der Waals surface area contributed by atoms with Crippen molar-refractivity contribution in [2.45, 2.75) is 57.8 Å². The summed E-state index contributed by atoms with van der Waals surface area (Å²) in [5, 5.41) is 4.90. The molecular formula is C17H25N5O3S2. The minimum atomic E-state index is -3.05. The van der Waals surface area contributed by atoms with E-state index in [9.17, 15) is 13.2 Å². The molecule has 0 N–H and O–H groups in total. The summed E-state index contributed by atoms with van der Waals surface area (Å²) < 4.78 is 25.4. The number of amides is 1. The van der Waals surface area contributed by atoms with Gasteiger partial charge in [-0.1, -0.05) is 18.7 Å². The van der Waals surface area contributed by atoms with E-state index in [4.69, 9.17) is 0 Å². The Balaban J connectivity index is 1.73. The van der Waals surface area contributed by atoms with Gasteiger partial charge in [0.05, 0.1) is 17.3 Å². The predicted octanol–water partition coefficient (Wildman–Crippen LogP) is 1.65. The molecule has 3 rings (SSSR count). The zero-order valence-electron chi connectivity index (χ0n) is 16.0. The first-order chi connectivity index (χ1) is 12.7. The van der Waals surface area contributed by atoms with Crippen molar-refractivity contribution in [2.24, 2.45) is 0 Å². The summed E-state index contributed by atoms with van der Waals surface area (Å²) >= 11 is 1.26. The van der Waals surface area contributed by atoms with Gasteiger partial charge in [0, 0.05) is 23.5 Å². The second kappa shape index (κ2) is 7.75. The van der Waals surface area contributed by atoms with Crippen LogP contribution in [-0.2, 0) is 14.6 Å². The van der Waals surface area contributed by atoms with Crippen LogP contribution in [0.15, 0.2) is 11.2 Å². The van der Waals surface area contributed by atoms with Crippen molar-refractivity contribution >= 4 is 33.3 Å². The van der Waals surface area contributed by atoms with E-state index in [0.717, 1.165) is 17.8 Å². The van der Waals surface area contributed by atoms with Crippen LogP contribution in [0.2, 0.25) is 0 Å². The molecule has 10 heteroatoms. The summed E-state index contributed by atoms with van der Waals surface area (Å²) in [6.07, 6.45) is 1.29. The number of aromatic nitrogens is 4. The first-order valence-electron chi connectivity index (χ1n) is 9.05. The third-order valence-corrected chi connectivity index (χ3v) is 7.45. The lowest BCUT2D eigenvalue weighted by Gasteiger charge is -2.33. The Labute approximate surface area is 163 Å². The molecule has 2 aromatic rings. The molecule has 27 heavy (non-hydrogen) atoms. The van der Waals surface area contributed by atoms with Crippen LogP contribution in [-0.4, -0.2) is 68.1 Å². The van der Waals surface area contributed by atoms with Gasteiger partial charge in [0.1, 0.15) is 0 Å². The zero-order chi connectivity index (χ0) is 19.8. The van der Waals surface area contributed by atoms with Gasteiger partial charge >= 0.3 is 0 Å². The first-order valence-corrected chi connectivity index (χ1v) is 11.9. The highest BCUT2D eigenvalue weighted by atomic mass is 32.2. The third-order valence-electron chi connectivity index (χ3n) is 4.88. The van der Waals surface area contributed by atoms with Gasteiger partial charge in [-0.3, -0.25) is 4.79 Å². The van der Waals surface area contributed by atoms with E-state index in [-0.39, 0.29) is 35.2 Å². The molecular weight excluding hydrogens is 386 g/mol. The molecule has 0 saturated carbocycles. The molecule has 148 valence electrons. The highest BCUT2D eigenvalue weighted by molar-refractivity contribution is 7.99. The van der Waals surface area contributed by atoms with Gasteiger partial charge in [0.15, 0.2) is 9.84 Å². The summed E-state index contributed by atoms with van der Waals surface area (Å²) in [6.45, 7) is 7.80. The van der Waals surface area contributed by atoms with Gasteiger partial charge in [-0.05, 0) is 39.7 Å². The van der Waals surface area contributed by atoms with Gasteiger partial charge in [0.25, 0.3) is 5.78 Å². The molecule has 1 amide bonds. The zero-order valence-corrected chi connectivity index (χ0v) is 17.7. The molecule has 1 aliphatic heterocycles. The minimum absolute atomic E-state index is 0.00279. The molecule has 0 spiro atoms. The third kappa shape index (κ3) is 4.43. The van der Waals surface area contributed by atoms with Crippen LogP contribution in [0.25, 0.3) is 5.78 Å². The summed E-state index contributed by atoms with van der Waals surface area (Å²) in [4.78, 5) is 23.4. The molecule has 0 bridgehead atoms. The molecule has 0 radical (unpaired) electrons. The van der Waals surface area contributed by atoms with Crippen molar-refractivity contribution in [1.29, 1.82) is 0 Å². The Bertz CT molecular complexity index is 957. The van der Waals surface area contributed by atoms with Gasteiger partial charge in [0.2, 0.25) is 11.1 Å². The Morgan fingerprint density at radius 1 is 1.41 bits per heavy atom. The van der Waals surface area contributed by atoms with Gasteiger partial charge in [-0.15, -0.1) is 5.10 Å². The lowest BCUT2D eigenvalue weighted by Crippen LogP contribution is -2.47. The Hall–Kier alpha value is -1.68. The lowest BCUT2D eigenvalue weighted by molar-refractivity contribution is -0.132. The number of nitrogens with zero attached hydrogens (tertiary/aromatic N) is 5. The summed E-state index contributed by atoms with van der Waals surface area (Å²) in [5.74, 6) is 0.835. The fourth-order valence-electron chi connectivity index (χ4n) is 3.41. The number of hydrogen-bond donors (Lipinski definition) is 0. The number of aryl methyl sites for hydroxylation is 2. The standard InChI is InChI=1S/C17H25N5O3S2/c1-5-12(3)21(14-6-7-27(24,25)10-14)15(23)9-26-17-19-16-18-11(2)8-13(4)22(16)20-17/h8,12,14H,5-7,9-10H2,1-4H3. The molecule has 2 atom stereocenters. The SMILES string of the molecule is CCC(C)N(C(=O)CSc1nc2nc(C)cc(C)n2n1)C1CCS(=O)(=O)C1. The van der Waals surface area contributed by atoms with E-state index in [1.165, 1.54) is 11.8 Å². The normalized spacial score (nSPS) is 20.1. The van der Waals surface area contributed by atoms with Crippen LogP contribution >= 0.6 is 11.8 Å². The fraction of sp³-hybridized carbons (Fsp3) is 0.647. The molecule has 1 aliphatic rings. The molecule has 2 aromatic heterocycles. The van der Waals surface area contributed by atoms with Crippen LogP contribution in [0.4, 0.5) is 0 Å². The Kier molecular flexibility index (Phi) is 5.76. The Morgan fingerprint density at radius 2 is 2.15 bits per heavy atom. The molecule has 0 aliphatic carbocycles. The number of rotatable bonds is 6. The number of fused-ring (bicyclic) bond motifs is 1.